The highest BCUT2D eigenvalue weighted by Gasteiger charge is 2.35. The van der Waals surface area contributed by atoms with E-state index in [0.717, 1.165) is 30.0 Å². The Balaban J connectivity index is 1.59. The van der Waals surface area contributed by atoms with Gasteiger partial charge in [0.05, 0.1) is 19.3 Å². The quantitative estimate of drug-likeness (QED) is 0.534. The topological polar surface area (TPSA) is 119 Å². The van der Waals surface area contributed by atoms with E-state index in [1.165, 1.54) is 0 Å². The van der Waals surface area contributed by atoms with E-state index in [1.807, 2.05) is 65.2 Å². The smallest absolute Gasteiger partial charge is 0.410 e. The Morgan fingerprint density at radius 1 is 1.20 bits per heavy atom. The molecule has 0 aliphatic carbocycles. The summed E-state index contributed by atoms with van der Waals surface area (Å²) in [5.41, 5.74) is 2.45. The third-order valence-electron chi connectivity index (χ3n) is 5.53. The number of aromatic nitrogens is 5. The first kappa shape index (κ1) is 24.2. The zero-order valence-electron chi connectivity index (χ0n) is 21.0. The van der Waals surface area contributed by atoms with Crippen LogP contribution in [0, 0.1) is 6.92 Å². The van der Waals surface area contributed by atoms with Crippen molar-refractivity contribution in [2.24, 2.45) is 0 Å². The third-order valence-corrected chi connectivity index (χ3v) is 5.53. The molecule has 186 valence electrons. The van der Waals surface area contributed by atoms with E-state index in [0.29, 0.717) is 29.6 Å². The maximum absolute atomic E-state index is 12.7. The molecule has 1 aromatic carbocycles. The minimum atomic E-state index is -0.558. The molecule has 3 aromatic rings. The van der Waals surface area contributed by atoms with Gasteiger partial charge in [-0.3, -0.25) is 4.90 Å². The van der Waals surface area contributed by atoms with Crippen LogP contribution < -0.4 is 15.4 Å². The summed E-state index contributed by atoms with van der Waals surface area (Å²) in [7, 11) is 3.42. The van der Waals surface area contributed by atoms with E-state index in [2.05, 4.69) is 30.9 Å². The molecule has 4 rings (SSSR count). The number of ether oxygens (including phenoxy) is 2. The van der Waals surface area contributed by atoms with Crippen molar-refractivity contribution < 1.29 is 14.3 Å². The first-order chi connectivity index (χ1) is 16.7. The summed E-state index contributed by atoms with van der Waals surface area (Å²) in [6.45, 7) is 8.12. The average molecular weight is 481 g/mol. The predicted octanol–water partition coefficient (Wildman–Crippen LogP) is 4.23. The minimum Gasteiger partial charge on any atom is -0.494 e. The van der Waals surface area contributed by atoms with Crippen LogP contribution in [0.25, 0.3) is 5.69 Å². The van der Waals surface area contributed by atoms with Crippen LogP contribution in [0.4, 0.5) is 22.2 Å². The van der Waals surface area contributed by atoms with Crippen molar-refractivity contribution in [2.75, 3.05) is 31.3 Å². The van der Waals surface area contributed by atoms with Crippen molar-refractivity contribution in [1.29, 1.82) is 0 Å². The summed E-state index contributed by atoms with van der Waals surface area (Å²) in [6, 6.07) is 7.29. The lowest BCUT2D eigenvalue weighted by Crippen LogP contribution is -2.36. The molecule has 2 N–H and O–H groups in total. The number of methoxy groups -OCH3 is 1. The normalized spacial score (nSPS) is 15.7. The van der Waals surface area contributed by atoms with Gasteiger partial charge in [0.25, 0.3) is 0 Å². The van der Waals surface area contributed by atoms with Gasteiger partial charge in [0, 0.05) is 31.0 Å². The first-order valence-corrected chi connectivity index (χ1v) is 11.6. The number of carbonyl (C=O) groups is 1. The summed E-state index contributed by atoms with van der Waals surface area (Å²) >= 11 is 0. The molecule has 1 amide bonds. The van der Waals surface area contributed by atoms with Gasteiger partial charge in [-0.15, -0.1) is 5.10 Å². The number of benzene rings is 1. The summed E-state index contributed by atoms with van der Waals surface area (Å²) in [6.07, 6.45) is 3.18. The molecule has 1 fully saturated rings. The number of rotatable bonds is 6. The molecule has 0 radical (unpaired) electrons. The van der Waals surface area contributed by atoms with Crippen molar-refractivity contribution >= 4 is 23.5 Å². The molecule has 1 aliphatic heterocycles. The zero-order chi connectivity index (χ0) is 25.2. The molecule has 11 nitrogen and oxygen atoms in total. The van der Waals surface area contributed by atoms with Crippen LogP contribution in [-0.4, -0.2) is 62.3 Å². The maximum atomic E-state index is 12.7. The summed E-state index contributed by atoms with van der Waals surface area (Å²) in [5.74, 6) is 1.83. The number of carbonyl (C=O) groups excluding carboxylic acids is 1. The van der Waals surface area contributed by atoms with Gasteiger partial charge in [-0.25, -0.2) is 14.5 Å². The van der Waals surface area contributed by atoms with Crippen molar-refractivity contribution in [3.63, 3.8) is 0 Å². The molecule has 1 saturated heterocycles. The summed E-state index contributed by atoms with van der Waals surface area (Å²) in [5, 5.41) is 15.0. The lowest BCUT2D eigenvalue weighted by molar-refractivity contribution is 0.0221. The van der Waals surface area contributed by atoms with E-state index in [-0.39, 0.29) is 12.1 Å². The first-order valence-electron chi connectivity index (χ1n) is 11.6. The van der Waals surface area contributed by atoms with Gasteiger partial charge in [-0.05, 0) is 58.7 Å². The van der Waals surface area contributed by atoms with E-state index < -0.39 is 5.60 Å². The fourth-order valence-electron chi connectivity index (χ4n) is 3.99. The number of hydrogen-bond donors (Lipinski definition) is 2. The molecule has 11 heteroatoms. The molecule has 1 atom stereocenters. The Hall–Kier alpha value is -3.89. The van der Waals surface area contributed by atoms with Crippen LogP contribution in [0.1, 0.15) is 51.0 Å². The Morgan fingerprint density at radius 3 is 2.71 bits per heavy atom. The number of hydrogen-bond acceptors (Lipinski definition) is 9. The average Bonchev–Trinajstić information content (AvgIpc) is 3.47. The molecular formula is C24H32N8O3. The van der Waals surface area contributed by atoms with Crippen molar-refractivity contribution in [3.8, 4) is 11.4 Å². The van der Waals surface area contributed by atoms with Gasteiger partial charge in [0.1, 0.15) is 28.5 Å². The number of nitrogens with zero attached hydrogens (tertiary/aromatic N) is 6. The number of nitrogens with one attached hydrogen (secondary N) is 2. The number of aryl methyl sites for hydroxylation is 1. The highest BCUT2D eigenvalue weighted by Crippen LogP contribution is 2.33. The molecular weight excluding hydrogens is 448 g/mol. The minimum absolute atomic E-state index is 0.188. The molecule has 1 aliphatic rings. The predicted molar refractivity (Wildman–Crippen MR) is 132 cm³/mol. The highest BCUT2D eigenvalue weighted by atomic mass is 16.6. The monoisotopic (exact) mass is 480 g/mol. The fraction of sp³-hybridized carbons (Fsp3) is 0.458. The molecule has 35 heavy (non-hydrogen) atoms. The fourth-order valence-corrected chi connectivity index (χ4v) is 3.99. The van der Waals surface area contributed by atoms with E-state index >= 15 is 0 Å². The van der Waals surface area contributed by atoms with E-state index in [9.17, 15) is 4.79 Å². The molecule has 3 heterocycles. The van der Waals surface area contributed by atoms with Gasteiger partial charge < -0.3 is 20.1 Å². The summed E-state index contributed by atoms with van der Waals surface area (Å²) in [4.78, 5) is 23.3. The largest absolute Gasteiger partial charge is 0.494 e. The van der Waals surface area contributed by atoms with Gasteiger partial charge >= 0.3 is 6.09 Å². The maximum Gasteiger partial charge on any atom is 0.410 e. The number of likely N-dealkylation sites (tertiary alicyclic amines) is 1. The number of amides is 1. The van der Waals surface area contributed by atoms with Gasteiger partial charge in [0.15, 0.2) is 0 Å². The van der Waals surface area contributed by atoms with Crippen LogP contribution >= 0.6 is 0 Å². The lowest BCUT2D eigenvalue weighted by Gasteiger charge is -2.27. The molecule has 0 bridgehead atoms. The number of anilines is 3. The Morgan fingerprint density at radius 2 is 2.00 bits per heavy atom. The van der Waals surface area contributed by atoms with Gasteiger partial charge in [0.2, 0.25) is 5.95 Å². The lowest BCUT2D eigenvalue weighted by atomic mass is 10.1. The van der Waals surface area contributed by atoms with Gasteiger partial charge in [-0.2, -0.15) is 4.98 Å². The van der Waals surface area contributed by atoms with Gasteiger partial charge in [-0.1, -0.05) is 5.21 Å². The Bertz CT molecular complexity index is 1200. The second kappa shape index (κ2) is 9.77. The molecule has 0 saturated carbocycles. The second-order valence-corrected chi connectivity index (χ2v) is 9.40. The molecule has 1 unspecified atom stereocenters. The standard InChI is InChI=1S/C24H32N8O3/c1-15-12-21(25-5)28-22(26-15)27-16-9-10-20(34-6)19(13-16)32-14-17(29-30-32)18-8-7-11-31(18)23(33)35-24(2,3)4/h9-10,12-14,18H,7-8,11H2,1-6H3,(H2,25,26,27,28). The van der Waals surface area contributed by atoms with E-state index in [4.69, 9.17) is 9.47 Å². The van der Waals surface area contributed by atoms with Crippen LogP contribution in [0.2, 0.25) is 0 Å². The van der Waals surface area contributed by atoms with Crippen LogP contribution in [0.3, 0.4) is 0 Å². The Kier molecular flexibility index (Phi) is 6.77. The third kappa shape index (κ3) is 5.61. The van der Waals surface area contributed by atoms with Crippen LogP contribution in [0.15, 0.2) is 30.5 Å². The second-order valence-electron chi connectivity index (χ2n) is 9.40. The van der Waals surface area contributed by atoms with Crippen molar-refractivity contribution in [1.82, 2.24) is 29.9 Å². The van der Waals surface area contributed by atoms with Crippen molar-refractivity contribution in [3.05, 3.63) is 41.9 Å². The molecule has 2 aromatic heterocycles. The van der Waals surface area contributed by atoms with Crippen LogP contribution in [0.5, 0.6) is 5.75 Å². The SMILES string of the molecule is CNc1cc(C)nc(Nc2ccc(OC)c(-n3cc(C4CCCN4C(=O)OC(C)(C)C)nn3)c2)n1. The zero-order valence-corrected chi connectivity index (χ0v) is 21.0. The van der Waals surface area contributed by atoms with Crippen LogP contribution in [-0.2, 0) is 4.74 Å². The summed E-state index contributed by atoms with van der Waals surface area (Å²) < 4.78 is 12.8. The van der Waals surface area contributed by atoms with Crippen molar-refractivity contribution in [2.45, 2.75) is 52.2 Å². The van der Waals surface area contributed by atoms with E-state index in [1.54, 1.807) is 16.7 Å². The highest BCUT2D eigenvalue weighted by molar-refractivity contribution is 5.69. The Labute approximate surface area is 204 Å². The molecule has 0 spiro atoms.